The molecule has 1 aromatic carbocycles. The molecular formula is C9H10Cl2FNO2S. The summed E-state index contributed by atoms with van der Waals surface area (Å²) in [5.74, 6) is -0.841. The second-order valence-electron chi connectivity index (χ2n) is 3.30. The van der Waals surface area contributed by atoms with Crippen molar-refractivity contribution in [3.05, 3.63) is 28.5 Å². The van der Waals surface area contributed by atoms with Crippen molar-refractivity contribution < 1.29 is 12.8 Å². The molecule has 0 unspecified atom stereocenters. The molecule has 0 atom stereocenters. The van der Waals surface area contributed by atoms with Crippen molar-refractivity contribution in [1.29, 1.82) is 0 Å². The van der Waals surface area contributed by atoms with E-state index in [1.807, 2.05) is 0 Å². The maximum atomic E-state index is 13.3. The molecule has 16 heavy (non-hydrogen) atoms. The number of hydrogen-bond acceptors (Lipinski definition) is 2. The number of benzene rings is 1. The molecule has 0 radical (unpaired) electrons. The Bertz CT molecular complexity index is 502. The molecule has 0 N–H and O–H groups in total. The quantitative estimate of drug-likeness (QED) is 0.800. The van der Waals surface area contributed by atoms with Gasteiger partial charge in [-0.3, -0.25) is 0 Å². The van der Waals surface area contributed by atoms with Crippen LogP contribution in [0.1, 0.15) is 5.56 Å². The van der Waals surface area contributed by atoms with Gasteiger partial charge in [0, 0.05) is 20.0 Å². The number of halogens is 3. The SMILES string of the molecule is CN(C)S(=O)(=O)c1cc(F)c(Cl)c(CCl)c1. The van der Waals surface area contributed by atoms with Gasteiger partial charge in [-0.05, 0) is 17.7 Å². The summed E-state index contributed by atoms with van der Waals surface area (Å²) in [6.45, 7) is 0. The molecule has 3 nitrogen and oxygen atoms in total. The van der Waals surface area contributed by atoms with E-state index in [2.05, 4.69) is 0 Å². The molecule has 0 saturated carbocycles. The molecule has 0 aliphatic heterocycles. The van der Waals surface area contributed by atoms with E-state index in [0.29, 0.717) is 0 Å². The van der Waals surface area contributed by atoms with Crippen LogP contribution in [0.4, 0.5) is 4.39 Å². The summed E-state index contributed by atoms with van der Waals surface area (Å²) in [4.78, 5) is -0.157. The van der Waals surface area contributed by atoms with Crippen LogP contribution < -0.4 is 0 Å². The Morgan fingerprint density at radius 2 is 1.94 bits per heavy atom. The van der Waals surface area contributed by atoms with Gasteiger partial charge in [0.15, 0.2) is 0 Å². The minimum Gasteiger partial charge on any atom is -0.207 e. The zero-order valence-electron chi connectivity index (χ0n) is 8.67. The summed E-state index contributed by atoms with van der Waals surface area (Å²) >= 11 is 11.2. The van der Waals surface area contributed by atoms with Gasteiger partial charge in [-0.25, -0.2) is 17.1 Å². The van der Waals surface area contributed by atoms with E-state index < -0.39 is 15.8 Å². The van der Waals surface area contributed by atoms with E-state index in [0.717, 1.165) is 10.4 Å². The Kier molecular flexibility index (Phi) is 4.17. The van der Waals surface area contributed by atoms with Crippen LogP contribution in [0.2, 0.25) is 5.02 Å². The smallest absolute Gasteiger partial charge is 0.207 e. The van der Waals surface area contributed by atoms with Gasteiger partial charge in [-0.1, -0.05) is 11.6 Å². The lowest BCUT2D eigenvalue weighted by Gasteiger charge is -2.13. The predicted molar refractivity (Wildman–Crippen MR) is 61.8 cm³/mol. The number of sulfonamides is 1. The van der Waals surface area contributed by atoms with Gasteiger partial charge in [0.2, 0.25) is 10.0 Å². The average Bonchev–Trinajstić information content (AvgIpc) is 2.21. The van der Waals surface area contributed by atoms with Gasteiger partial charge < -0.3 is 0 Å². The molecule has 0 aliphatic rings. The van der Waals surface area contributed by atoms with E-state index in [1.165, 1.54) is 20.2 Å². The summed E-state index contributed by atoms with van der Waals surface area (Å²) < 4.78 is 37.8. The standard InChI is InChI=1S/C9H10Cl2FNO2S/c1-13(2)16(14,15)7-3-6(5-10)9(11)8(12)4-7/h3-4H,5H2,1-2H3. The van der Waals surface area contributed by atoms with Crippen molar-refractivity contribution in [2.24, 2.45) is 0 Å². The fourth-order valence-electron chi connectivity index (χ4n) is 1.08. The highest BCUT2D eigenvalue weighted by Gasteiger charge is 2.20. The third-order valence-electron chi connectivity index (χ3n) is 2.00. The minimum atomic E-state index is -3.67. The summed E-state index contributed by atoms with van der Waals surface area (Å²) in [5, 5.41) is -0.146. The summed E-state index contributed by atoms with van der Waals surface area (Å²) in [5.41, 5.74) is 0.253. The second kappa shape index (κ2) is 4.87. The first kappa shape index (κ1) is 13.7. The molecule has 90 valence electrons. The third kappa shape index (κ3) is 2.48. The molecule has 0 aliphatic carbocycles. The van der Waals surface area contributed by atoms with E-state index in [9.17, 15) is 12.8 Å². The number of hydrogen-bond donors (Lipinski definition) is 0. The first-order valence-corrected chi connectivity index (χ1v) is 6.62. The van der Waals surface area contributed by atoms with E-state index in [1.54, 1.807) is 0 Å². The molecule has 0 fully saturated rings. The number of nitrogens with zero attached hydrogens (tertiary/aromatic N) is 1. The zero-order chi connectivity index (χ0) is 12.5. The van der Waals surface area contributed by atoms with E-state index in [-0.39, 0.29) is 21.4 Å². The van der Waals surface area contributed by atoms with Gasteiger partial charge in [-0.2, -0.15) is 0 Å². The van der Waals surface area contributed by atoms with Gasteiger partial charge in [-0.15, -0.1) is 11.6 Å². The van der Waals surface area contributed by atoms with Crippen molar-refractivity contribution in [3.8, 4) is 0 Å². The molecule has 0 spiro atoms. The van der Waals surface area contributed by atoms with Crippen molar-refractivity contribution in [2.45, 2.75) is 10.8 Å². The van der Waals surface area contributed by atoms with Crippen LogP contribution in [0.3, 0.4) is 0 Å². The van der Waals surface area contributed by atoms with Crippen LogP contribution in [0.25, 0.3) is 0 Å². The van der Waals surface area contributed by atoms with Crippen LogP contribution in [-0.4, -0.2) is 26.8 Å². The Labute approximate surface area is 104 Å². The highest BCUT2D eigenvalue weighted by Crippen LogP contribution is 2.26. The average molecular weight is 286 g/mol. The summed E-state index contributed by atoms with van der Waals surface area (Å²) in [7, 11) is -0.946. The lowest BCUT2D eigenvalue weighted by molar-refractivity contribution is 0.519. The molecule has 0 heterocycles. The molecule has 1 rings (SSSR count). The van der Waals surface area contributed by atoms with E-state index in [4.69, 9.17) is 23.2 Å². The molecule has 7 heteroatoms. The molecule has 0 amide bonds. The predicted octanol–water partition coefficient (Wildman–Crippen LogP) is 2.47. The largest absolute Gasteiger partial charge is 0.242 e. The monoisotopic (exact) mass is 285 g/mol. The number of alkyl halides is 1. The highest BCUT2D eigenvalue weighted by molar-refractivity contribution is 7.89. The minimum absolute atomic E-state index is 0.0491. The second-order valence-corrected chi connectivity index (χ2v) is 6.10. The Balaban J connectivity index is 3.44. The van der Waals surface area contributed by atoms with Crippen molar-refractivity contribution >= 4 is 33.2 Å². The van der Waals surface area contributed by atoms with Gasteiger partial charge in [0.1, 0.15) is 5.82 Å². The van der Waals surface area contributed by atoms with Crippen LogP contribution in [0, 0.1) is 5.82 Å². The van der Waals surface area contributed by atoms with Gasteiger partial charge >= 0.3 is 0 Å². The normalized spacial score (nSPS) is 12.1. The fraction of sp³-hybridized carbons (Fsp3) is 0.333. The third-order valence-corrected chi connectivity index (χ3v) is 4.50. The topological polar surface area (TPSA) is 37.4 Å². The first-order chi connectivity index (χ1) is 7.30. The Hall–Kier alpha value is -0.360. The Morgan fingerprint density at radius 1 is 1.38 bits per heavy atom. The van der Waals surface area contributed by atoms with Gasteiger partial charge in [0.25, 0.3) is 0 Å². The lowest BCUT2D eigenvalue weighted by Crippen LogP contribution is -2.22. The molecule has 1 aromatic rings. The van der Waals surface area contributed by atoms with Crippen molar-refractivity contribution in [1.82, 2.24) is 4.31 Å². The van der Waals surface area contributed by atoms with Crippen molar-refractivity contribution in [3.63, 3.8) is 0 Å². The maximum absolute atomic E-state index is 13.3. The highest BCUT2D eigenvalue weighted by atomic mass is 35.5. The summed E-state index contributed by atoms with van der Waals surface area (Å²) in [6.07, 6.45) is 0. The van der Waals surface area contributed by atoms with Crippen molar-refractivity contribution in [2.75, 3.05) is 14.1 Å². The summed E-state index contributed by atoms with van der Waals surface area (Å²) in [6, 6.07) is 2.15. The van der Waals surface area contributed by atoms with Crippen LogP contribution in [-0.2, 0) is 15.9 Å². The van der Waals surface area contributed by atoms with Crippen LogP contribution >= 0.6 is 23.2 Å². The first-order valence-electron chi connectivity index (χ1n) is 4.27. The maximum Gasteiger partial charge on any atom is 0.242 e. The van der Waals surface area contributed by atoms with Gasteiger partial charge in [0.05, 0.1) is 9.92 Å². The molecule has 0 saturated heterocycles. The lowest BCUT2D eigenvalue weighted by atomic mass is 10.2. The molecule has 0 aromatic heterocycles. The van der Waals surface area contributed by atoms with E-state index >= 15 is 0 Å². The Morgan fingerprint density at radius 3 is 2.38 bits per heavy atom. The fourth-order valence-corrected chi connectivity index (χ4v) is 2.50. The van der Waals surface area contributed by atoms with Crippen LogP contribution in [0.15, 0.2) is 17.0 Å². The zero-order valence-corrected chi connectivity index (χ0v) is 11.0. The molecular weight excluding hydrogens is 276 g/mol. The van der Waals surface area contributed by atoms with Crippen LogP contribution in [0.5, 0.6) is 0 Å². The number of rotatable bonds is 3. The molecule has 0 bridgehead atoms.